The molecule has 1 unspecified atom stereocenters. The summed E-state index contributed by atoms with van der Waals surface area (Å²) in [5.74, 6) is 0. The first-order chi connectivity index (χ1) is 8.34. The van der Waals surface area contributed by atoms with Gasteiger partial charge in [-0.3, -0.25) is 0 Å². The predicted molar refractivity (Wildman–Crippen MR) is 79.3 cm³/mol. The lowest BCUT2D eigenvalue weighted by Crippen LogP contribution is -2.56. The standard InChI is InChI=1S/C15H21Cl2N/c1-14(2)7-3-4-8-15(14,18)10-11-5-6-12(16)13(17)9-11/h5-6,9H,3-4,7-8,10,18H2,1-2H3. The molecule has 1 aliphatic rings. The summed E-state index contributed by atoms with van der Waals surface area (Å²) in [6, 6.07) is 5.84. The fraction of sp³-hybridized carbons (Fsp3) is 0.600. The third-order valence-electron chi connectivity index (χ3n) is 4.53. The van der Waals surface area contributed by atoms with Gasteiger partial charge in [0.15, 0.2) is 0 Å². The number of rotatable bonds is 2. The summed E-state index contributed by atoms with van der Waals surface area (Å²) in [6.07, 6.45) is 5.66. The van der Waals surface area contributed by atoms with Gasteiger partial charge in [0, 0.05) is 5.54 Å². The molecule has 1 atom stereocenters. The molecule has 18 heavy (non-hydrogen) atoms. The highest BCUT2D eigenvalue weighted by Gasteiger charge is 2.43. The molecule has 1 nitrogen and oxygen atoms in total. The molecule has 1 aromatic carbocycles. The molecular formula is C15H21Cl2N. The van der Waals surface area contributed by atoms with Crippen LogP contribution in [0, 0.1) is 5.41 Å². The van der Waals surface area contributed by atoms with Crippen LogP contribution in [-0.2, 0) is 6.42 Å². The Morgan fingerprint density at radius 3 is 2.39 bits per heavy atom. The zero-order chi connectivity index (χ0) is 13.4. The third-order valence-corrected chi connectivity index (χ3v) is 5.27. The first kappa shape index (κ1) is 14.2. The van der Waals surface area contributed by atoms with Crippen molar-refractivity contribution >= 4 is 23.2 Å². The van der Waals surface area contributed by atoms with Gasteiger partial charge in [0.2, 0.25) is 0 Å². The lowest BCUT2D eigenvalue weighted by atomic mass is 9.61. The van der Waals surface area contributed by atoms with E-state index in [1.165, 1.54) is 24.8 Å². The van der Waals surface area contributed by atoms with Crippen LogP contribution >= 0.6 is 23.2 Å². The molecular weight excluding hydrogens is 265 g/mol. The second kappa shape index (κ2) is 5.03. The van der Waals surface area contributed by atoms with Crippen LogP contribution < -0.4 is 5.73 Å². The molecule has 0 heterocycles. The van der Waals surface area contributed by atoms with E-state index in [9.17, 15) is 0 Å². The molecule has 1 saturated carbocycles. The second-order valence-corrected chi connectivity index (χ2v) is 6.99. The zero-order valence-corrected chi connectivity index (χ0v) is 12.6. The van der Waals surface area contributed by atoms with Crippen molar-refractivity contribution in [2.24, 2.45) is 11.1 Å². The average molecular weight is 286 g/mol. The van der Waals surface area contributed by atoms with Crippen molar-refractivity contribution in [2.75, 3.05) is 0 Å². The lowest BCUT2D eigenvalue weighted by molar-refractivity contribution is 0.0990. The van der Waals surface area contributed by atoms with Gasteiger partial charge in [0.1, 0.15) is 0 Å². The number of hydrogen-bond donors (Lipinski definition) is 1. The van der Waals surface area contributed by atoms with Gasteiger partial charge in [-0.1, -0.05) is 56.0 Å². The van der Waals surface area contributed by atoms with Crippen LogP contribution in [0.15, 0.2) is 18.2 Å². The summed E-state index contributed by atoms with van der Waals surface area (Å²) < 4.78 is 0. The number of halogens is 2. The molecule has 2 N–H and O–H groups in total. The van der Waals surface area contributed by atoms with E-state index in [1.54, 1.807) is 0 Å². The molecule has 100 valence electrons. The summed E-state index contributed by atoms with van der Waals surface area (Å²) in [5.41, 5.74) is 7.90. The monoisotopic (exact) mass is 285 g/mol. The Kier molecular flexibility index (Phi) is 3.96. The van der Waals surface area contributed by atoms with Crippen LogP contribution in [0.5, 0.6) is 0 Å². The Bertz CT molecular complexity index is 442. The zero-order valence-electron chi connectivity index (χ0n) is 11.1. The Balaban J connectivity index is 2.23. The van der Waals surface area contributed by atoms with Crippen molar-refractivity contribution in [1.29, 1.82) is 0 Å². The Labute approximate surface area is 120 Å². The van der Waals surface area contributed by atoms with Gasteiger partial charge >= 0.3 is 0 Å². The fourth-order valence-electron chi connectivity index (χ4n) is 2.94. The molecule has 0 amide bonds. The van der Waals surface area contributed by atoms with Gasteiger partial charge in [0.25, 0.3) is 0 Å². The smallest absolute Gasteiger partial charge is 0.0595 e. The summed E-state index contributed by atoms with van der Waals surface area (Å²) >= 11 is 12.0. The molecule has 0 bridgehead atoms. The maximum absolute atomic E-state index is 6.68. The highest BCUT2D eigenvalue weighted by molar-refractivity contribution is 6.42. The van der Waals surface area contributed by atoms with Crippen molar-refractivity contribution in [3.63, 3.8) is 0 Å². The van der Waals surface area contributed by atoms with Gasteiger partial charge in [0.05, 0.1) is 10.0 Å². The summed E-state index contributed by atoms with van der Waals surface area (Å²) in [6.45, 7) is 4.56. The summed E-state index contributed by atoms with van der Waals surface area (Å²) in [7, 11) is 0. The molecule has 1 aliphatic carbocycles. The molecule has 2 rings (SSSR count). The summed E-state index contributed by atoms with van der Waals surface area (Å²) in [4.78, 5) is 0. The van der Waals surface area contributed by atoms with Crippen molar-refractivity contribution in [2.45, 2.75) is 51.5 Å². The highest BCUT2D eigenvalue weighted by atomic mass is 35.5. The van der Waals surface area contributed by atoms with Gasteiger partial charge in [-0.15, -0.1) is 0 Å². The van der Waals surface area contributed by atoms with Crippen LogP contribution in [0.25, 0.3) is 0 Å². The Hall–Kier alpha value is -0.240. The summed E-state index contributed by atoms with van der Waals surface area (Å²) in [5, 5.41) is 1.22. The van der Waals surface area contributed by atoms with Crippen LogP contribution in [0.1, 0.15) is 45.1 Å². The predicted octanol–water partition coefficient (Wildman–Crippen LogP) is 4.83. The maximum atomic E-state index is 6.68. The van der Waals surface area contributed by atoms with E-state index in [1.807, 2.05) is 18.2 Å². The molecule has 0 radical (unpaired) electrons. The molecule has 1 fully saturated rings. The SMILES string of the molecule is CC1(C)CCCCC1(N)Cc1ccc(Cl)c(Cl)c1. The van der Waals surface area contributed by atoms with Crippen molar-refractivity contribution in [1.82, 2.24) is 0 Å². The van der Waals surface area contributed by atoms with Gasteiger partial charge in [-0.25, -0.2) is 0 Å². The molecule has 0 spiro atoms. The number of benzene rings is 1. The van der Waals surface area contributed by atoms with Crippen LogP contribution in [-0.4, -0.2) is 5.54 Å². The van der Waals surface area contributed by atoms with E-state index >= 15 is 0 Å². The first-order valence-electron chi connectivity index (χ1n) is 6.57. The van der Waals surface area contributed by atoms with Gasteiger partial charge in [-0.05, 0) is 42.4 Å². The second-order valence-electron chi connectivity index (χ2n) is 6.17. The average Bonchev–Trinajstić information content (AvgIpc) is 2.28. The quantitative estimate of drug-likeness (QED) is 0.827. The fourth-order valence-corrected chi connectivity index (χ4v) is 3.26. The topological polar surface area (TPSA) is 26.0 Å². The van der Waals surface area contributed by atoms with Crippen molar-refractivity contribution < 1.29 is 0 Å². The van der Waals surface area contributed by atoms with E-state index in [-0.39, 0.29) is 11.0 Å². The minimum atomic E-state index is -0.136. The maximum Gasteiger partial charge on any atom is 0.0595 e. The lowest BCUT2D eigenvalue weighted by Gasteiger charge is -2.48. The van der Waals surface area contributed by atoms with Gasteiger partial charge < -0.3 is 5.73 Å². The normalized spacial score (nSPS) is 27.2. The minimum Gasteiger partial charge on any atom is -0.324 e. The molecule has 1 aromatic rings. The van der Waals surface area contributed by atoms with E-state index in [4.69, 9.17) is 28.9 Å². The molecule has 3 heteroatoms. The van der Waals surface area contributed by atoms with Crippen LogP contribution in [0.2, 0.25) is 10.0 Å². The Morgan fingerprint density at radius 2 is 1.78 bits per heavy atom. The van der Waals surface area contributed by atoms with Gasteiger partial charge in [-0.2, -0.15) is 0 Å². The number of hydrogen-bond acceptors (Lipinski definition) is 1. The highest BCUT2D eigenvalue weighted by Crippen LogP contribution is 2.44. The minimum absolute atomic E-state index is 0.136. The van der Waals surface area contributed by atoms with Crippen molar-refractivity contribution in [3.8, 4) is 0 Å². The molecule has 0 aromatic heterocycles. The van der Waals surface area contributed by atoms with Crippen molar-refractivity contribution in [3.05, 3.63) is 33.8 Å². The van der Waals surface area contributed by atoms with E-state index in [0.29, 0.717) is 10.0 Å². The number of nitrogens with two attached hydrogens (primary N) is 1. The van der Waals surface area contributed by atoms with E-state index < -0.39 is 0 Å². The van der Waals surface area contributed by atoms with Crippen LogP contribution in [0.4, 0.5) is 0 Å². The Morgan fingerprint density at radius 1 is 1.11 bits per heavy atom. The van der Waals surface area contributed by atoms with E-state index in [0.717, 1.165) is 12.8 Å². The van der Waals surface area contributed by atoms with E-state index in [2.05, 4.69) is 13.8 Å². The molecule has 0 aliphatic heterocycles. The third kappa shape index (κ3) is 2.68. The first-order valence-corrected chi connectivity index (χ1v) is 7.32. The van der Waals surface area contributed by atoms with Crippen LogP contribution in [0.3, 0.4) is 0 Å². The molecule has 0 saturated heterocycles. The largest absolute Gasteiger partial charge is 0.324 e.